The third-order valence-electron chi connectivity index (χ3n) is 5.09. The molecule has 0 radical (unpaired) electrons. The number of carbonyl (C=O) groups excluding carboxylic acids is 1. The molecule has 0 saturated carbocycles. The van der Waals surface area contributed by atoms with Gasteiger partial charge >= 0.3 is 0 Å². The van der Waals surface area contributed by atoms with Crippen LogP contribution in [0.5, 0.6) is 0 Å². The van der Waals surface area contributed by atoms with Crippen LogP contribution in [-0.4, -0.2) is 22.9 Å². The number of furan rings is 1. The standard InChI is InChI=1S/C20H19ClN2O2/c1-23(11-13-6-3-2-4-7-13)12-15-18-14(10-17(23)21)8-5-9-16(18)25-19(15)20(22)24/h2-9,17H,10-12H2,1H3,(H-,22,24)/p+1. The Labute approximate surface area is 151 Å². The Hall–Kier alpha value is -2.30. The van der Waals surface area contributed by atoms with Crippen LogP contribution in [0.15, 0.2) is 52.9 Å². The Morgan fingerprint density at radius 2 is 2.00 bits per heavy atom. The van der Waals surface area contributed by atoms with Crippen LogP contribution in [0, 0.1) is 0 Å². The molecule has 2 atom stereocenters. The largest absolute Gasteiger partial charge is 0.450 e. The lowest BCUT2D eigenvalue weighted by Crippen LogP contribution is -2.48. The quantitative estimate of drug-likeness (QED) is 0.441. The molecule has 2 aromatic carbocycles. The fourth-order valence-corrected chi connectivity index (χ4v) is 4.13. The normalized spacial score (nSPS) is 22.7. The number of benzene rings is 2. The monoisotopic (exact) mass is 355 g/mol. The van der Waals surface area contributed by atoms with Crippen molar-refractivity contribution in [1.82, 2.24) is 0 Å². The van der Waals surface area contributed by atoms with E-state index >= 15 is 0 Å². The summed E-state index contributed by atoms with van der Waals surface area (Å²) in [5.74, 6) is -0.276. The number of hydrogen-bond acceptors (Lipinski definition) is 2. The number of hydrogen-bond donors (Lipinski definition) is 1. The summed E-state index contributed by atoms with van der Waals surface area (Å²) in [5, 5.41) is 0.997. The molecule has 3 aromatic rings. The number of carbonyl (C=O) groups is 1. The number of primary amides is 1. The number of rotatable bonds is 3. The molecule has 0 spiro atoms. The van der Waals surface area contributed by atoms with Crippen molar-refractivity contribution in [2.24, 2.45) is 5.73 Å². The summed E-state index contributed by atoms with van der Waals surface area (Å²) >= 11 is 6.87. The Bertz CT molecular complexity index is 951. The lowest BCUT2D eigenvalue weighted by molar-refractivity contribution is -0.946. The number of nitrogens with zero attached hydrogens (tertiary/aromatic N) is 1. The van der Waals surface area contributed by atoms with Gasteiger partial charge in [0.05, 0.1) is 12.6 Å². The SMILES string of the molecule is C[N+]1(Cc2ccccc2)Cc2c(C(N)=O)oc3cccc(c23)CC1Cl. The van der Waals surface area contributed by atoms with Crippen LogP contribution in [0.25, 0.3) is 11.0 Å². The van der Waals surface area contributed by atoms with Gasteiger partial charge in [-0.05, 0) is 11.6 Å². The topological polar surface area (TPSA) is 56.2 Å². The zero-order valence-electron chi connectivity index (χ0n) is 14.0. The van der Waals surface area contributed by atoms with E-state index in [0.29, 0.717) is 23.0 Å². The van der Waals surface area contributed by atoms with Gasteiger partial charge < -0.3 is 14.6 Å². The van der Waals surface area contributed by atoms with Gasteiger partial charge in [0.25, 0.3) is 5.91 Å². The molecule has 2 heterocycles. The molecule has 4 nitrogen and oxygen atoms in total. The first-order chi connectivity index (χ1) is 12.0. The fourth-order valence-electron chi connectivity index (χ4n) is 3.83. The second-order valence-corrected chi connectivity index (χ2v) is 7.49. The van der Waals surface area contributed by atoms with Crippen molar-refractivity contribution in [2.45, 2.75) is 25.0 Å². The predicted octanol–water partition coefficient (Wildman–Crippen LogP) is 3.80. The molecule has 2 N–H and O–H groups in total. The van der Waals surface area contributed by atoms with E-state index in [0.717, 1.165) is 23.1 Å². The third kappa shape index (κ3) is 2.71. The molecule has 0 bridgehead atoms. The van der Waals surface area contributed by atoms with E-state index in [4.69, 9.17) is 21.8 Å². The number of quaternary nitrogens is 1. The number of amides is 1. The van der Waals surface area contributed by atoms with Crippen molar-refractivity contribution in [3.05, 3.63) is 71.0 Å². The third-order valence-corrected chi connectivity index (χ3v) is 5.72. The van der Waals surface area contributed by atoms with Crippen LogP contribution in [-0.2, 0) is 19.5 Å². The Morgan fingerprint density at radius 1 is 1.24 bits per heavy atom. The molecule has 1 aromatic heterocycles. The molecule has 5 heteroatoms. The van der Waals surface area contributed by atoms with Gasteiger partial charge in [-0.25, -0.2) is 0 Å². The highest BCUT2D eigenvalue weighted by molar-refractivity contribution is 6.20. The van der Waals surface area contributed by atoms with E-state index in [1.807, 2.05) is 30.3 Å². The molecular formula is C20H20ClN2O2+. The van der Waals surface area contributed by atoms with Crippen LogP contribution in [0.1, 0.15) is 27.2 Å². The van der Waals surface area contributed by atoms with Crippen molar-refractivity contribution in [3.63, 3.8) is 0 Å². The summed E-state index contributed by atoms with van der Waals surface area (Å²) in [6, 6.07) is 16.1. The van der Waals surface area contributed by atoms with Crippen LogP contribution in [0.3, 0.4) is 0 Å². The van der Waals surface area contributed by atoms with Gasteiger partial charge in [0.15, 0.2) is 5.50 Å². The van der Waals surface area contributed by atoms with Gasteiger partial charge in [0.1, 0.15) is 18.7 Å². The maximum atomic E-state index is 11.9. The van der Waals surface area contributed by atoms with Crippen molar-refractivity contribution in [2.75, 3.05) is 7.05 Å². The Balaban J connectivity index is 1.85. The maximum Gasteiger partial charge on any atom is 0.284 e. The Morgan fingerprint density at radius 3 is 2.72 bits per heavy atom. The summed E-state index contributed by atoms with van der Waals surface area (Å²) in [6.07, 6.45) is 0.715. The molecular weight excluding hydrogens is 336 g/mol. The van der Waals surface area contributed by atoms with Crippen molar-refractivity contribution in [1.29, 1.82) is 0 Å². The molecule has 1 amide bonds. The first kappa shape index (κ1) is 16.2. The molecule has 128 valence electrons. The molecule has 1 aliphatic heterocycles. The lowest BCUT2D eigenvalue weighted by Gasteiger charge is -2.37. The molecule has 0 saturated heterocycles. The van der Waals surface area contributed by atoms with Crippen molar-refractivity contribution in [3.8, 4) is 0 Å². The minimum absolute atomic E-state index is 0.112. The maximum absolute atomic E-state index is 11.9. The van der Waals surface area contributed by atoms with E-state index in [1.54, 1.807) is 0 Å². The first-order valence-electron chi connectivity index (χ1n) is 8.33. The summed E-state index contributed by atoms with van der Waals surface area (Å²) < 4.78 is 6.36. The lowest BCUT2D eigenvalue weighted by atomic mass is 10.0. The summed E-state index contributed by atoms with van der Waals surface area (Å²) in [7, 11) is 2.13. The van der Waals surface area contributed by atoms with Crippen LogP contribution < -0.4 is 5.73 Å². The summed E-state index contributed by atoms with van der Waals surface area (Å²) in [4.78, 5) is 11.9. The summed E-state index contributed by atoms with van der Waals surface area (Å²) in [5.41, 5.74) is 9.37. The smallest absolute Gasteiger partial charge is 0.284 e. The zero-order valence-corrected chi connectivity index (χ0v) is 14.8. The second-order valence-electron chi connectivity index (χ2n) is 6.98. The van der Waals surface area contributed by atoms with Crippen molar-refractivity contribution >= 4 is 28.5 Å². The highest BCUT2D eigenvalue weighted by atomic mass is 35.5. The molecule has 0 aliphatic carbocycles. The second kappa shape index (κ2) is 5.90. The van der Waals surface area contributed by atoms with Crippen molar-refractivity contribution < 1.29 is 13.7 Å². The molecule has 0 fully saturated rings. The van der Waals surface area contributed by atoms with E-state index in [1.165, 1.54) is 5.56 Å². The predicted molar refractivity (Wildman–Crippen MR) is 98.1 cm³/mol. The van der Waals surface area contributed by atoms with Gasteiger partial charge in [-0.1, -0.05) is 54.1 Å². The molecule has 4 rings (SSSR count). The van der Waals surface area contributed by atoms with E-state index in [9.17, 15) is 4.79 Å². The van der Waals surface area contributed by atoms with Gasteiger partial charge in [-0.15, -0.1) is 0 Å². The minimum Gasteiger partial charge on any atom is -0.450 e. The minimum atomic E-state index is -0.531. The van der Waals surface area contributed by atoms with E-state index in [2.05, 4.69) is 25.2 Å². The summed E-state index contributed by atoms with van der Waals surface area (Å²) in [6.45, 7) is 1.37. The first-order valence-corrected chi connectivity index (χ1v) is 8.77. The van der Waals surface area contributed by atoms with Gasteiger partial charge in [0, 0.05) is 17.4 Å². The number of halogens is 1. The van der Waals surface area contributed by atoms with Gasteiger partial charge in [-0.2, -0.15) is 0 Å². The van der Waals surface area contributed by atoms with Crippen LogP contribution in [0.4, 0.5) is 0 Å². The number of alkyl halides is 1. The highest BCUT2D eigenvalue weighted by Gasteiger charge is 2.38. The molecule has 1 aliphatic rings. The Kier molecular flexibility index (Phi) is 3.82. The average molecular weight is 356 g/mol. The highest BCUT2D eigenvalue weighted by Crippen LogP contribution is 2.38. The van der Waals surface area contributed by atoms with Gasteiger partial charge in [-0.3, -0.25) is 4.79 Å². The average Bonchev–Trinajstić information content (AvgIpc) is 2.90. The van der Waals surface area contributed by atoms with Gasteiger partial charge in [0.2, 0.25) is 5.76 Å². The van der Waals surface area contributed by atoms with E-state index < -0.39 is 5.91 Å². The van der Waals surface area contributed by atoms with E-state index in [-0.39, 0.29) is 11.3 Å². The molecule has 2 unspecified atom stereocenters. The molecule has 25 heavy (non-hydrogen) atoms. The number of nitrogens with two attached hydrogens (primary N) is 1. The van der Waals surface area contributed by atoms with Crippen LogP contribution >= 0.6 is 11.6 Å². The zero-order chi connectivity index (χ0) is 17.6. The van der Waals surface area contributed by atoms with Crippen LogP contribution in [0.2, 0.25) is 0 Å². The fraction of sp³-hybridized carbons (Fsp3) is 0.250. The number of likely N-dealkylation sites (N-methyl/N-ethyl adjacent to an activating group) is 1.